The van der Waals surface area contributed by atoms with Crippen molar-refractivity contribution < 1.29 is 0 Å². The van der Waals surface area contributed by atoms with Crippen LogP contribution in [0, 0.1) is 5.92 Å². The third kappa shape index (κ3) is 3.70. The Hall–Kier alpha value is -0.570. The van der Waals surface area contributed by atoms with Crippen molar-refractivity contribution in [3.63, 3.8) is 0 Å². The molecule has 1 aromatic carbocycles. The minimum atomic E-state index is 0.621. The first-order valence-electron chi connectivity index (χ1n) is 6.35. The molecule has 0 spiro atoms. The normalized spacial score (nSPS) is 22.0. The molecule has 2 rings (SSSR count). The predicted octanol–water partition coefficient (Wildman–Crippen LogP) is 2.77. The Bertz CT molecular complexity index is 348. The Morgan fingerprint density at radius 2 is 2.06 bits per heavy atom. The molecule has 2 nitrogen and oxygen atoms in total. The largest absolute Gasteiger partial charge is 0.311 e. The molecule has 0 amide bonds. The molecule has 0 bridgehead atoms. The summed E-state index contributed by atoms with van der Waals surface area (Å²) in [5.74, 6) is 0.697. The molecular formula is C14H21ClN2. The van der Waals surface area contributed by atoms with Gasteiger partial charge in [-0.2, -0.15) is 0 Å². The van der Waals surface area contributed by atoms with Crippen LogP contribution < -0.4 is 5.32 Å². The lowest BCUT2D eigenvalue weighted by molar-refractivity contribution is 0.168. The van der Waals surface area contributed by atoms with Crippen molar-refractivity contribution in [1.29, 1.82) is 0 Å². The summed E-state index contributed by atoms with van der Waals surface area (Å²) in [6, 6.07) is 8.80. The van der Waals surface area contributed by atoms with Gasteiger partial charge in [-0.15, -0.1) is 0 Å². The van der Waals surface area contributed by atoms with Crippen molar-refractivity contribution in [2.45, 2.75) is 26.4 Å². The van der Waals surface area contributed by atoms with Crippen LogP contribution in [0.25, 0.3) is 0 Å². The van der Waals surface area contributed by atoms with E-state index in [-0.39, 0.29) is 0 Å². The van der Waals surface area contributed by atoms with E-state index in [9.17, 15) is 0 Å². The van der Waals surface area contributed by atoms with Crippen LogP contribution in [0.15, 0.2) is 24.3 Å². The smallest absolute Gasteiger partial charge is 0.0406 e. The van der Waals surface area contributed by atoms with E-state index in [1.807, 2.05) is 12.1 Å². The molecule has 1 N–H and O–H groups in total. The topological polar surface area (TPSA) is 15.3 Å². The molecule has 1 aromatic rings. The van der Waals surface area contributed by atoms with Gasteiger partial charge in [-0.25, -0.2) is 0 Å². The number of hydrogen-bond donors (Lipinski definition) is 1. The van der Waals surface area contributed by atoms with E-state index in [1.165, 1.54) is 5.56 Å². The van der Waals surface area contributed by atoms with Crippen molar-refractivity contribution in [1.82, 2.24) is 10.2 Å². The van der Waals surface area contributed by atoms with Gasteiger partial charge in [0.25, 0.3) is 0 Å². The van der Waals surface area contributed by atoms with Crippen LogP contribution in [-0.4, -0.2) is 30.6 Å². The summed E-state index contributed by atoms with van der Waals surface area (Å²) in [6.07, 6.45) is 0. The maximum Gasteiger partial charge on any atom is 0.0406 e. The number of benzene rings is 1. The molecule has 1 atom stereocenters. The fourth-order valence-corrected chi connectivity index (χ4v) is 2.41. The van der Waals surface area contributed by atoms with Crippen LogP contribution in [0.4, 0.5) is 0 Å². The van der Waals surface area contributed by atoms with E-state index in [0.717, 1.165) is 31.2 Å². The predicted molar refractivity (Wildman–Crippen MR) is 73.4 cm³/mol. The molecule has 1 heterocycles. The Kier molecular flexibility index (Phi) is 4.43. The van der Waals surface area contributed by atoms with Gasteiger partial charge in [0.1, 0.15) is 0 Å². The third-order valence-electron chi connectivity index (χ3n) is 3.41. The van der Waals surface area contributed by atoms with E-state index in [0.29, 0.717) is 12.0 Å². The summed E-state index contributed by atoms with van der Waals surface area (Å²) in [5.41, 5.74) is 1.35. The number of nitrogens with zero attached hydrogens (tertiary/aromatic N) is 1. The zero-order valence-corrected chi connectivity index (χ0v) is 11.4. The lowest BCUT2D eigenvalue weighted by Gasteiger charge is -2.35. The number of rotatable bonds is 3. The molecule has 1 aliphatic rings. The Morgan fingerprint density at radius 1 is 1.35 bits per heavy atom. The molecule has 0 radical (unpaired) electrons. The highest BCUT2D eigenvalue weighted by Crippen LogP contribution is 2.14. The van der Waals surface area contributed by atoms with Crippen molar-refractivity contribution in [2.24, 2.45) is 5.92 Å². The standard InChI is InChI=1S/C14H21ClN2/c1-11(2)14-10-17(8-7-16-14)9-12-3-5-13(15)6-4-12/h3-6,11,14,16H,7-10H2,1-2H3. The van der Waals surface area contributed by atoms with Crippen molar-refractivity contribution in [2.75, 3.05) is 19.6 Å². The average Bonchev–Trinajstić information content (AvgIpc) is 2.32. The summed E-state index contributed by atoms with van der Waals surface area (Å²) in [7, 11) is 0. The van der Waals surface area contributed by atoms with Crippen LogP contribution in [0.5, 0.6) is 0 Å². The second kappa shape index (κ2) is 5.85. The first-order valence-corrected chi connectivity index (χ1v) is 6.73. The summed E-state index contributed by atoms with van der Waals surface area (Å²) < 4.78 is 0. The Morgan fingerprint density at radius 3 is 2.71 bits per heavy atom. The first-order chi connectivity index (χ1) is 8.15. The van der Waals surface area contributed by atoms with Gasteiger partial charge in [0.2, 0.25) is 0 Å². The molecule has 1 unspecified atom stereocenters. The third-order valence-corrected chi connectivity index (χ3v) is 3.67. The second-order valence-electron chi connectivity index (χ2n) is 5.17. The molecule has 0 aliphatic carbocycles. The highest BCUT2D eigenvalue weighted by Gasteiger charge is 2.21. The minimum absolute atomic E-state index is 0.621. The zero-order valence-electron chi connectivity index (χ0n) is 10.6. The van der Waals surface area contributed by atoms with Gasteiger partial charge in [-0.3, -0.25) is 4.90 Å². The van der Waals surface area contributed by atoms with Crippen LogP contribution in [0.1, 0.15) is 19.4 Å². The maximum absolute atomic E-state index is 5.90. The summed E-state index contributed by atoms with van der Waals surface area (Å²) in [4.78, 5) is 2.52. The van der Waals surface area contributed by atoms with Gasteiger partial charge >= 0.3 is 0 Å². The number of nitrogens with one attached hydrogen (secondary N) is 1. The molecular weight excluding hydrogens is 232 g/mol. The molecule has 0 aromatic heterocycles. The molecule has 1 aliphatic heterocycles. The van der Waals surface area contributed by atoms with Crippen LogP contribution in [0.2, 0.25) is 5.02 Å². The second-order valence-corrected chi connectivity index (χ2v) is 5.60. The van der Waals surface area contributed by atoms with Crippen LogP contribution >= 0.6 is 11.6 Å². The van der Waals surface area contributed by atoms with Gasteiger partial charge in [-0.1, -0.05) is 37.6 Å². The lowest BCUT2D eigenvalue weighted by atomic mass is 10.0. The van der Waals surface area contributed by atoms with Crippen LogP contribution in [-0.2, 0) is 6.54 Å². The summed E-state index contributed by atoms with van der Waals surface area (Å²) in [5, 5.41) is 4.39. The molecule has 1 fully saturated rings. The van der Waals surface area contributed by atoms with Gasteiger partial charge in [0, 0.05) is 37.2 Å². The first kappa shape index (κ1) is 12.9. The Balaban J connectivity index is 1.92. The van der Waals surface area contributed by atoms with Crippen molar-refractivity contribution in [3.05, 3.63) is 34.9 Å². The van der Waals surface area contributed by atoms with E-state index < -0.39 is 0 Å². The highest BCUT2D eigenvalue weighted by atomic mass is 35.5. The van der Waals surface area contributed by atoms with E-state index in [4.69, 9.17) is 11.6 Å². The number of halogens is 1. The summed E-state index contributed by atoms with van der Waals surface area (Å²) in [6.45, 7) is 8.96. The van der Waals surface area contributed by atoms with Gasteiger partial charge in [-0.05, 0) is 23.6 Å². The Labute approximate surface area is 109 Å². The number of piperazine rings is 1. The molecule has 17 heavy (non-hydrogen) atoms. The van der Waals surface area contributed by atoms with E-state index >= 15 is 0 Å². The van der Waals surface area contributed by atoms with Crippen molar-refractivity contribution >= 4 is 11.6 Å². The lowest BCUT2D eigenvalue weighted by Crippen LogP contribution is -2.52. The summed E-state index contributed by atoms with van der Waals surface area (Å²) >= 11 is 5.90. The minimum Gasteiger partial charge on any atom is -0.311 e. The van der Waals surface area contributed by atoms with Crippen molar-refractivity contribution in [3.8, 4) is 0 Å². The van der Waals surface area contributed by atoms with Gasteiger partial charge in [0.05, 0.1) is 0 Å². The fraction of sp³-hybridized carbons (Fsp3) is 0.571. The monoisotopic (exact) mass is 252 g/mol. The zero-order chi connectivity index (χ0) is 12.3. The number of hydrogen-bond acceptors (Lipinski definition) is 2. The molecule has 3 heteroatoms. The van der Waals surface area contributed by atoms with Gasteiger partial charge < -0.3 is 5.32 Å². The highest BCUT2D eigenvalue weighted by molar-refractivity contribution is 6.30. The van der Waals surface area contributed by atoms with Crippen LogP contribution in [0.3, 0.4) is 0 Å². The molecule has 1 saturated heterocycles. The SMILES string of the molecule is CC(C)C1CN(Cc2ccc(Cl)cc2)CCN1. The van der Waals surface area contributed by atoms with E-state index in [1.54, 1.807) is 0 Å². The quantitative estimate of drug-likeness (QED) is 0.890. The van der Waals surface area contributed by atoms with Gasteiger partial charge in [0.15, 0.2) is 0 Å². The molecule has 94 valence electrons. The fourth-order valence-electron chi connectivity index (χ4n) is 2.28. The maximum atomic E-state index is 5.90. The van der Waals surface area contributed by atoms with E-state index in [2.05, 4.69) is 36.2 Å². The average molecular weight is 253 g/mol. The molecule has 0 saturated carbocycles.